The Labute approximate surface area is 106 Å². The average Bonchev–Trinajstić information content (AvgIpc) is 2.80. The molecule has 0 fully saturated rings. The standard InChI is InChI=1S/C13H18N4O/c1-2-7-14-8-12-10-17(16-15-12)9-11-3-5-13(18)6-4-11/h3-6,10,14,18H,2,7-9H2,1H3. The van der Waals surface area contributed by atoms with Crippen LogP contribution in [0.15, 0.2) is 30.5 Å². The molecule has 2 rings (SSSR count). The van der Waals surface area contributed by atoms with E-state index in [1.54, 1.807) is 16.8 Å². The van der Waals surface area contributed by atoms with E-state index in [-0.39, 0.29) is 5.75 Å². The molecule has 0 aliphatic carbocycles. The number of nitrogens with zero attached hydrogens (tertiary/aromatic N) is 3. The van der Waals surface area contributed by atoms with E-state index >= 15 is 0 Å². The van der Waals surface area contributed by atoms with Gasteiger partial charge < -0.3 is 10.4 Å². The summed E-state index contributed by atoms with van der Waals surface area (Å²) in [5.74, 6) is 0.279. The molecule has 5 nitrogen and oxygen atoms in total. The van der Waals surface area contributed by atoms with Gasteiger partial charge in [0.05, 0.1) is 18.4 Å². The second kappa shape index (κ2) is 6.16. The van der Waals surface area contributed by atoms with Crippen LogP contribution in [-0.4, -0.2) is 26.6 Å². The largest absolute Gasteiger partial charge is 0.508 e. The smallest absolute Gasteiger partial charge is 0.115 e. The molecule has 0 aliphatic rings. The van der Waals surface area contributed by atoms with Crippen molar-refractivity contribution in [1.82, 2.24) is 20.3 Å². The van der Waals surface area contributed by atoms with Gasteiger partial charge in [-0.1, -0.05) is 24.3 Å². The molecule has 96 valence electrons. The maximum absolute atomic E-state index is 9.20. The van der Waals surface area contributed by atoms with Crippen molar-refractivity contribution >= 4 is 0 Å². The van der Waals surface area contributed by atoms with E-state index in [4.69, 9.17) is 0 Å². The number of rotatable bonds is 6. The molecule has 0 saturated heterocycles. The quantitative estimate of drug-likeness (QED) is 0.759. The summed E-state index contributed by atoms with van der Waals surface area (Å²) in [7, 11) is 0. The molecule has 0 bridgehead atoms. The zero-order valence-electron chi connectivity index (χ0n) is 10.5. The molecule has 0 unspecified atom stereocenters. The van der Waals surface area contributed by atoms with Crippen molar-refractivity contribution in [3.05, 3.63) is 41.7 Å². The van der Waals surface area contributed by atoms with E-state index in [9.17, 15) is 5.11 Å². The SMILES string of the molecule is CCCNCc1cn(Cc2ccc(O)cc2)nn1. The third-order valence-corrected chi connectivity index (χ3v) is 2.60. The van der Waals surface area contributed by atoms with Crippen LogP contribution in [0.2, 0.25) is 0 Å². The van der Waals surface area contributed by atoms with Crippen LogP contribution in [0.3, 0.4) is 0 Å². The summed E-state index contributed by atoms with van der Waals surface area (Å²) in [6.07, 6.45) is 3.05. The molecule has 0 spiro atoms. The number of aromatic hydroxyl groups is 1. The predicted molar refractivity (Wildman–Crippen MR) is 69.2 cm³/mol. The number of aromatic nitrogens is 3. The first kappa shape index (κ1) is 12.6. The first-order valence-electron chi connectivity index (χ1n) is 6.15. The summed E-state index contributed by atoms with van der Waals surface area (Å²) in [5, 5.41) is 20.7. The molecule has 18 heavy (non-hydrogen) atoms. The first-order valence-corrected chi connectivity index (χ1v) is 6.15. The van der Waals surface area contributed by atoms with Gasteiger partial charge >= 0.3 is 0 Å². The monoisotopic (exact) mass is 246 g/mol. The van der Waals surface area contributed by atoms with Crippen molar-refractivity contribution in [2.75, 3.05) is 6.54 Å². The minimum absolute atomic E-state index is 0.279. The van der Waals surface area contributed by atoms with Gasteiger partial charge in [-0.3, -0.25) is 0 Å². The summed E-state index contributed by atoms with van der Waals surface area (Å²) in [6.45, 7) is 4.55. The molecule has 1 heterocycles. The van der Waals surface area contributed by atoms with E-state index in [2.05, 4.69) is 22.6 Å². The third kappa shape index (κ3) is 3.56. The van der Waals surface area contributed by atoms with Crippen molar-refractivity contribution in [3.63, 3.8) is 0 Å². The molecular weight excluding hydrogens is 228 g/mol. The summed E-state index contributed by atoms with van der Waals surface area (Å²) in [4.78, 5) is 0. The molecular formula is C13H18N4O. The number of hydrogen-bond acceptors (Lipinski definition) is 4. The summed E-state index contributed by atoms with van der Waals surface area (Å²) < 4.78 is 1.80. The van der Waals surface area contributed by atoms with Gasteiger partial charge in [-0.05, 0) is 30.7 Å². The maximum atomic E-state index is 9.20. The van der Waals surface area contributed by atoms with E-state index < -0.39 is 0 Å². The van der Waals surface area contributed by atoms with E-state index in [0.29, 0.717) is 6.54 Å². The Morgan fingerprint density at radius 2 is 2.06 bits per heavy atom. The Kier molecular flexibility index (Phi) is 4.30. The summed E-state index contributed by atoms with van der Waals surface area (Å²) >= 11 is 0. The highest BCUT2D eigenvalue weighted by Gasteiger charge is 2.01. The average molecular weight is 246 g/mol. The fourth-order valence-corrected chi connectivity index (χ4v) is 1.68. The molecule has 2 N–H and O–H groups in total. The molecule has 0 saturated carbocycles. The highest BCUT2D eigenvalue weighted by molar-refractivity contribution is 5.25. The van der Waals surface area contributed by atoms with Gasteiger partial charge in [0.25, 0.3) is 0 Å². The van der Waals surface area contributed by atoms with Gasteiger partial charge in [-0.2, -0.15) is 0 Å². The second-order valence-electron chi connectivity index (χ2n) is 4.25. The highest BCUT2D eigenvalue weighted by Crippen LogP contribution is 2.10. The Balaban J connectivity index is 1.91. The lowest BCUT2D eigenvalue weighted by Crippen LogP contribution is -2.13. The van der Waals surface area contributed by atoms with Crippen LogP contribution in [0.4, 0.5) is 0 Å². The maximum Gasteiger partial charge on any atom is 0.115 e. The Morgan fingerprint density at radius 3 is 2.78 bits per heavy atom. The van der Waals surface area contributed by atoms with Crippen LogP contribution in [0.25, 0.3) is 0 Å². The van der Waals surface area contributed by atoms with Crippen LogP contribution < -0.4 is 5.32 Å². The molecule has 0 atom stereocenters. The van der Waals surface area contributed by atoms with Gasteiger partial charge in [-0.25, -0.2) is 4.68 Å². The zero-order chi connectivity index (χ0) is 12.8. The normalized spacial score (nSPS) is 10.7. The molecule has 5 heteroatoms. The molecule has 0 amide bonds. The molecule has 2 aromatic rings. The lowest BCUT2D eigenvalue weighted by molar-refractivity contribution is 0.475. The second-order valence-corrected chi connectivity index (χ2v) is 4.25. The van der Waals surface area contributed by atoms with Gasteiger partial charge in [0.15, 0.2) is 0 Å². The summed E-state index contributed by atoms with van der Waals surface area (Å²) in [5.41, 5.74) is 2.04. The summed E-state index contributed by atoms with van der Waals surface area (Å²) in [6, 6.07) is 7.12. The predicted octanol–water partition coefficient (Wildman–Crippen LogP) is 1.53. The van der Waals surface area contributed by atoms with Crippen LogP contribution in [0.1, 0.15) is 24.6 Å². The molecule has 1 aromatic carbocycles. The number of nitrogens with one attached hydrogen (secondary N) is 1. The molecule has 1 aromatic heterocycles. The lowest BCUT2D eigenvalue weighted by atomic mass is 10.2. The van der Waals surface area contributed by atoms with Crippen LogP contribution in [0, 0.1) is 0 Å². The minimum Gasteiger partial charge on any atom is -0.508 e. The Bertz CT molecular complexity index is 478. The van der Waals surface area contributed by atoms with Crippen LogP contribution in [-0.2, 0) is 13.1 Å². The van der Waals surface area contributed by atoms with E-state index in [1.807, 2.05) is 18.3 Å². The number of hydrogen-bond donors (Lipinski definition) is 2. The van der Waals surface area contributed by atoms with Gasteiger partial charge in [0.1, 0.15) is 5.75 Å². The first-order chi connectivity index (χ1) is 8.78. The van der Waals surface area contributed by atoms with E-state index in [1.165, 1.54) is 0 Å². The molecule has 0 aliphatic heterocycles. The van der Waals surface area contributed by atoms with Crippen molar-refractivity contribution in [1.29, 1.82) is 0 Å². The Morgan fingerprint density at radius 1 is 1.28 bits per heavy atom. The van der Waals surface area contributed by atoms with Gasteiger partial charge in [-0.15, -0.1) is 5.10 Å². The van der Waals surface area contributed by atoms with Crippen molar-refractivity contribution in [3.8, 4) is 5.75 Å². The molecule has 0 radical (unpaired) electrons. The highest BCUT2D eigenvalue weighted by atomic mass is 16.3. The fraction of sp³-hybridized carbons (Fsp3) is 0.385. The van der Waals surface area contributed by atoms with Crippen molar-refractivity contribution in [2.24, 2.45) is 0 Å². The van der Waals surface area contributed by atoms with E-state index in [0.717, 1.165) is 30.8 Å². The minimum atomic E-state index is 0.279. The topological polar surface area (TPSA) is 63.0 Å². The van der Waals surface area contributed by atoms with Gasteiger partial charge in [0.2, 0.25) is 0 Å². The number of phenolic OH excluding ortho intramolecular Hbond substituents is 1. The van der Waals surface area contributed by atoms with Gasteiger partial charge in [0, 0.05) is 6.54 Å². The number of phenols is 1. The number of benzene rings is 1. The van der Waals surface area contributed by atoms with Crippen LogP contribution in [0.5, 0.6) is 5.75 Å². The van der Waals surface area contributed by atoms with Crippen molar-refractivity contribution in [2.45, 2.75) is 26.4 Å². The van der Waals surface area contributed by atoms with Crippen molar-refractivity contribution < 1.29 is 5.11 Å². The van der Waals surface area contributed by atoms with Crippen LogP contribution >= 0.6 is 0 Å². The lowest BCUT2D eigenvalue weighted by Gasteiger charge is -2.01. The third-order valence-electron chi connectivity index (χ3n) is 2.60. The zero-order valence-corrected chi connectivity index (χ0v) is 10.5. The Hall–Kier alpha value is -1.88. The fourth-order valence-electron chi connectivity index (χ4n) is 1.68.